The minimum absolute atomic E-state index is 0.0339. The van der Waals surface area contributed by atoms with Gasteiger partial charge in [0, 0.05) is 26.2 Å². The number of aromatic hydroxyl groups is 1. The lowest BCUT2D eigenvalue weighted by Crippen LogP contribution is -2.39. The molecule has 7 nitrogen and oxygen atoms in total. The van der Waals surface area contributed by atoms with E-state index in [1.54, 1.807) is 4.57 Å². The summed E-state index contributed by atoms with van der Waals surface area (Å²) >= 11 is 0. The van der Waals surface area contributed by atoms with Crippen LogP contribution in [-0.2, 0) is 29.5 Å². The molecule has 0 unspecified atom stereocenters. The summed E-state index contributed by atoms with van der Waals surface area (Å²) in [7, 11) is -2.87. The van der Waals surface area contributed by atoms with Crippen LogP contribution in [0.25, 0.3) is 11.1 Å². The Labute approximate surface area is 193 Å². The van der Waals surface area contributed by atoms with Gasteiger partial charge < -0.3 is 5.11 Å². The SMILES string of the molecule is O=c1n(Cc2ccc(-c3cccc(CN4CCS(=O)(=O)CC4)c3)cc2)cc(O)n1CC1CC1. The summed E-state index contributed by atoms with van der Waals surface area (Å²) in [5.41, 5.74) is 4.18. The van der Waals surface area contributed by atoms with E-state index in [0.29, 0.717) is 32.1 Å². The van der Waals surface area contributed by atoms with Gasteiger partial charge in [0.05, 0.1) is 24.2 Å². The second kappa shape index (κ2) is 8.83. The summed E-state index contributed by atoms with van der Waals surface area (Å²) in [6, 6.07) is 16.5. The highest BCUT2D eigenvalue weighted by molar-refractivity contribution is 7.91. The first-order valence-corrected chi connectivity index (χ1v) is 13.3. The van der Waals surface area contributed by atoms with Crippen molar-refractivity contribution in [2.75, 3.05) is 24.6 Å². The van der Waals surface area contributed by atoms with Gasteiger partial charge in [0.1, 0.15) is 0 Å². The van der Waals surface area contributed by atoms with Crippen molar-refractivity contribution in [3.63, 3.8) is 0 Å². The zero-order chi connectivity index (χ0) is 23.0. The Morgan fingerprint density at radius 1 is 0.909 bits per heavy atom. The minimum atomic E-state index is -2.87. The van der Waals surface area contributed by atoms with Crippen molar-refractivity contribution < 1.29 is 13.5 Å². The molecule has 0 radical (unpaired) electrons. The fraction of sp³-hybridized carbons (Fsp3) is 0.400. The molecular weight excluding hydrogens is 438 g/mol. The maximum Gasteiger partial charge on any atom is 0.331 e. The van der Waals surface area contributed by atoms with E-state index in [-0.39, 0.29) is 23.1 Å². The van der Waals surface area contributed by atoms with Gasteiger partial charge in [-0.3, -0.25) is 14.0 Å². The number of benzene rings is 2. The largest absolute Gasteiger partial charge is 0.493 e. The van der Waals surface area contributed by atoms with Crippen LogP contribution in [0.3, 0.4) is 0 Å². The third-order valence-corrected chi connectivity index (χ3v) is 8.18. The number of sulfone groups is 1. The molecule has 3 aromatic rings. The lowest BCUT2D eigenvalue weighted by atomic mass is 10.0. The number of hydrogen-bond donors (Lipinski definition) is 1. The minimum Gasteiger partial charge on any atom is -0.493 e. The summed E-state index contributed by atoms with van der Waals surface area (Å²) in [5.74, 6) is 1.02. The molecule has 0 bridgehead atoms. The van der Waals surface area contributed by atoms with E-state index in [4.69, 9.17) is 0 Å². The normalized spacial score (nSPS) is 18.4. The van der Waals surface area contributed by atoms with Crippen molar-refractivity contribution in [3.05, 3.63) is 76.3 Å². The highest BCUT2D eigenvalue weighted by atomic mass is 32.2. The third-order valence-electron chi connectivity index (χ3n) is 6.57. The Balaban J connectivity index is 1.26. The average Bonchev–Trinajstić information content (AvgIpc) is 3.59. The zero-order valence-corrected chi connectivity index (χ0v) is 19.4. The van der Waals surface area contributed by atoms with Crippen molar-refractivity contribution in [3.8, 4) is 17.0 Å². The van der Waals surface area contributed by atoms with Gasteiger partial charge in [0.2, 0.25) is 5.88 Å². The molecule has 2 aromatic carbocycles. The van der Waals surface area contributed by atoms with E-state index >= 15 is 0 Å². The van der Waals surface area contributed by atoms with Gasteiger partial charge >= 0.3 is 5.69 Å². The molecule has 174 valence electrons. The summed E-state index contributed by atoms with van der Waals surface area (Å²) < 4.78 is 26.3. The van der Waals surface area contributed by atoms with Crippen LogP contribution < -0.4 is 5.69 Å². The molecule has 5 rings (SSSR count). The van der Waals surface area contributed by atoms with E-state index in [1.165, 1.54) is 10.8 Å². The van der Waals surface area contributed by atoms with Crippen LogP contribution in [0.15, 0.2) is 59.5 Å². The average molecular weight is 468 g/mol. The van der Waals surface area contributed by atoms with Gasteiger partial charge in [-0.05, 0) is 47.1 Å². The molecule has 1 aromatic heterocycles. The van der Waals surface area contributed by atoms with Gasteiger partial charge in [0.25, 0.3) is 0 Å². The fourth-order valence-electron chi connectivity index (χ4n) is 4.38. The second-order valence-electron chi connectivity index (χ2n) is 9.28. The smallest absolute Gasteiger partial charge is 0.331 e. The van der Waals surface area contributed by atoms with Crippen LogP contribution in [0.1, 0.15) is 24.0 Å². The number of nitrogens with zero attached hydrogens (tertiary/aromatic N) is 3. The molecule has 1 aliphatic carbocycles. The van der Waals surface area contributed by atoms with Crippen molar-refractivity contribution >= 4 is 9.84 Å². The van der Waals surface area contributed by atoms with Gasteiger partial charge in [0.15, 0.2) is 9.84 Å². The zero-order valence-electron chi connectivity index (χ0n) is 18.6. The lowest BCUT2D eigenvalue weighted by Gasteiger charge is -2.26. The van der Waals surface area contributed by atoms with Gasteiger partial charge in [-0.15, -0.1) is 0 Å². The highest BCUT2D eigenvalue weighted by Gasteiger charge is 2.24. The Morgan fingerprint density at radius 2 is 1.64 bits per heavy atom. The molecule has 0 atom stereocenters. The molecule has 8 heteroatoms. The standard InChI is InChI=1S/C25H29N3O4S/c29-24-18-27(25(30)28(24)17-20-4-5-20)16-19-6-8-22(9-7-19)23-3-1-2-21(14-23)15-26-10-12-33(31,32)13-11-26/h1-3,6-9,14,18,20,29H,4-5,10-13,15-17H2. The molecule has 2 fully saturated rings. The Kier molecular flexibility index (Phi) is 5.88. The number of rotatable bonds is 7. The monoisotopic (exact) mass is 467 g/mol. The van der Waals surface area contributed by atoms with Crippen molar-refractivity contribution in [2.45, 2.75) is 32.5 Å². The first-order valence-electron chi connectivity index (χ1n) is 11.5. The van der Waals surface area contributed by atoms with E-state index in [1.807, 2.05) is 30.3 Å². The summed E-state index contributed by atoms with van der Waals surface area (Å²) in [4.78, 5) is 14.8. The highest BCUT2D eigenvalue weighted by Crippen LogP contribution is 2.31. The summed E-state index contributed by atoms with van der Waals surface area (Å²) in [6.07, 6.45) is 3.77. The molecule has 0 spiro atoms. The first-order chi connectivity index (χ1) is 15.9. The van der Waals surface area contributed by atoms with E-state index < -0.39 is 9.84 Å². The van der Waals surface area contributed by atoms with E-state index in [0.717, 1.165) is 41.6 Å². The maximum atomic E-state index is 12.6. The Hall–Kier alpha value is -2.84. The van der Waals surface area contributed by atoms with Crippen molar-refractivity contribution in [1.82, 2.24) is 14.0 Å². The third kappa shape index (κ3) is 5.23. The van der Waals surface area contributed by atoms with Gasteiger partial charge in [-0.1, -0.05) is 42.5 Å². The molecule has 1 saturated carbocycles. The maximum absolute atomic E-state index is 12.6. The summed E-state index contributed by atoms with van der Waals surface area (Å²) in [5, 5.41) is 10.1. The quantitative estimate of drug-likeness (QED) is 0.578. The second-order valence-corrected chi connectivity index (χ2v) is 11.6. The molecule has 2 heterocycles. The number of imidazole rings is 1. The van der Waals surface area contributed by atoms with Crippen molar-refractivity contribution in [2.24, 2.45) is 5.92 Å². The number of hydrogen-bond acceptors (Lipinski definition) is 5. The first kappa shape index (κ1) is 22.0. The van der Waals surface area contributed by atoms with Crippen LogP contribution >= 0.6 is 0 Å². The van der Waals surface area contributed by atoms with Crippen molar-refractivity contribution in [1.29, 1.82) is 0 Å². The topological polar surface area (TPSA) is 84.5 Å². The fourth-order valence-corrected chi connectivity index (χ4v) is 5.65. The predicted octanol–water partition coefficient (Wildman–Crippen LogP) is 2.71. The Morgan fingerprint density at radius 3 is 2.33 bits per heavy atom. The van der Waals surface area contributed by atoms with Crippen LogP contribution in [0.2, 0.25) is 0 Å². The molecular formula is C25H29N3O4S. The molecule has 1 aliphatic heterocycles. The molecule has 1 N–H and O–H groups in total. The van der Waals surface area contributed by atoms with Crippen LogP contribution in [0, 0.1) is 5.92 Å². The predicted molar refractivity (Wildman–Crippen MR) is 128 cm³/mol. The van der Waals surface area contributed by atoms with Crippen LogP contribution in [-0.4, -0.2) is 52.2 Å². The number of aromatic nitrogens is 2. The summed E-state index contributed by atoms with van der Waals surface area (Å²) in [6.45, 7) is 2.92. The van der Waals surface area contributed by atoms with Crippen LogP contribution in [0.5, 0.6) is 5.88 Å². The van der Waals surface area contributed by atoms with Crippen LogP contribution in [0.4, 0.5) is 0 Å². The molecule has 0 amide bonds. The van der Waals surface area contributed by atoms with Gasteiger partial charge in [-0.2, -0.15) is 0 Å². The molecule has 2 aliphatic rings. The van der Waals surface area contributed by atoms with Gasteiger partial charge in [-0.25, -0.2) is 13.2 Å². The Bertz CT molecular complexity index is 1290. The lowest BCUT2D eigenvalue weighted by molar-refractivity contribution is 0.288. The van der Waals surface area contributed by atoms with E-state index in [2.05, 4.69) is 23.1 Å². The van der Waals surface area contributed by atoms with E-state index in [9.17, 15) is 18.3 Å². The molecule has 1 saturated heterocycles. The molecule has 33 heavy (non-hydrogen) atoms.